The highest BCUT2D eigenvalue weighted by Gasteiger charge is 2.13. The smallest absolute Gasteiger partial charge is 0.134 e. The van der Waals surface area contributed by atoms with E-state index in [1.54, 1.807) is 0 Å². The molecule has 0 bridgehead atoms. The van der Waals surface area contributed by atoms with Crippen molar-refractivity contribution >= 4 is 16.5 Å². The van der Waals surface area contributed by atoms with Gasteiger partial charge >= 0.3 is 0 Å². The van der Waals surface area contributed by atoms with Crippen molar-refractivity contribution < 1.29 is 0 Å². The van der Waals surface area contributed by atoms with Gasteiger partial charge in [0, 0.05) is 31.2 Å². The van der Waals surface area contributed by atoms with Crippen molar-refractivity contribution in [3.05, 3.63) is 5.69 Å². The van der Waals surface area contributed by atoms with Gasteiger partial charge in [0.2, 0.25) is 0 Å². The molecule has 1 rings (SSSR count). The van der Waals surface area contributed by atoms with Crippen LogP contribution in [0, 0.1) is 5.92 Å². The molecule has 17 heavy (non-hydrogen) atoms. The monoisotopic (exact) mass is 256 g/mol. The van der Waals surface area contributed by atoms with Crippen molar-refractivity contribution in [2.45, 2.75) is 40.7 Å². The third kappa shape index (κ3) is 4.60. The van der Waals surface area contributed by atoms with Gasteiger partial charge in [-0.3, -0.25) is 4.90 Å². The second-order valence-corrected chi connectivity index (χ2v) is 5.17. The molecule has 0 aliphatic carbocycles. The van der Waals surface area contributed by atoms with E-state index in [9.17, 15) is 0 Å². The fourth-order valence-corrected chi connectivity index (χ4v) is 2.33. The molecule has 0 aliphatic rings. The van der Waals surface area contributed by atoms with E-state index < -0.39 is 0 Å². The lowest BCUT2D eigenvalue weighted by Gasteiger charge is -2.23. The van der Waals surface area contributed by atoms with Gasteiger partial charge in [0.15, 0.2) is 0 Å². The maximum absolute atomic E-state index is 4.22. The second-order valence-electron chi connectivity index (χ2n) is 4.42. The zero-order valence-electron chi connectivity index (χ0n) is 11.4. The number of nitrogens with zero attached hydrogens (tertiary/aromatic N) is 3. The molecule has 1 aromatic rings. The summed E-state index contributed by atoms with van der Waals surface area (Å²) in [5.41, 5.74) is 1.09. The second kappa shape index (κ2) is 7.61. The standard InChI is InChI=1S/C12H24N4S/c1-5-10(4)8-16(7-3)9-11-12(13-6-2)17-15-14-11/h10,13H,5-9H2,1-4H3. The molecule has 98 valence electrons. The van der Waals surface area contributed by atoms with Crippen LogP contribution in [0.15, 0.2) is 0 Å². The molecule has 4 nitrogen and oxygen atoms in total. The Hall–Kier alpha value is -0.680. The molecule has 5 heteroatoms. The van der Waals surface area contributed by atoms with Crippen LogP contribution < -0.4 is 5.32 Å². The summed E-state index contributed by atoms with van der Waals surface area (Å²) in [6.07, 6.45) is 1.23. The van der Waals surface area contributed by atoms with Gasteiger partial charge in [-0.2, -0.15) is 0 Å². The first kappa shape index (κ1) is 14.4. The van der Waals surface area contributed by atoms with E-state index in [-0.39, 0.29) is 0 Å². The minimum Gasteiger partial charge on any atom is -0.374 e. The SMILES string of the molecule is CCNc1snnc1CN(CC)CC(C)CC. The fourth-order valence-electron chi connectivity index (χ4n) is 1.69. The Labute approximate surface area is 109 Å². The fraction of sp³-hybridized carbons (Fsp3) is 0.833. The van der Waals surface area contributed by atoms with Crippen LogP contribution in [-0.4, -0.2) is 34.1 Å². The summed E-state index contributed by atoms with van der Waals surface area (Å²) in [6, 6.07) is 0. The molecule has 0 radical (unpaired) electrons. The van der Waals surface area contributed by atoms with Gasteiger partial charge in [-0.1, -0.05) is 31.7 Å². The van der Waals surface area contributed by atoms with Crippen molar-refractivity contribution in [1.82, 2.24) is 14.5 Å². The highest BCUT2D eigenvalue weighted by molar-refractivity contribution is 7.10. The predicted octanol–water partition coefficient (Wildman–Crippen LogP) is 2.84. The van der Waals surface area contributed by atoms with Crippen LogP contribution in [0.25, 0.3) is 0 Å². The Bertz CT molecular complexity index is 313. The highest BCUT2D eigenvalue weighted by Crippen LogP contribution is 2.19. The lowest BCUT2D eigenvalue weighted by atomic mass is 10.1. The summed E-state index contributed by atoms with van der Waals surface area (Å²) >= 11 is 1.45. The molecule has 0 fully saturated rings. The molecular weight excluding hydrogens is 232 g/mol. The van der Waals surface area contributed by atoms with Crippen LogP contribution in [0.4, 0.5) is 5.00 Å². The number of nitrogens with one attached hydrogen (secondary N) is 1. The molecule has 1 atom stereocenters. The molecule has 0 amide bonds. The molecular formula is C12H24N4S. The van der Waals surface area contributed by atoms with E-state index >= 15 is 0 Å². The van der Waals surface area contributed by atoms with E-state index in [1.807, 2.05) is 0 Å². The third-order valence-corrected chi connectivity index (χ3v) is 3.71. The van der Waals surface area contributed by atoms with Gasteiger partial charge < -0.3 is 5.32 Å². The van der Waals surface area contributed by atoms with E-state index in [0.29, 0.717) is 0 Å². The number of aromatic nitrogens is 2. The van der Waals surface area contributed by atoms with Gasteiger partial charge in [-0.05, 0) is 19.4 Å². The molecule has 1 N–H and O–H groups in total. The number of hydrogen-bond donors (Lipinski definition) is 1. The van der Waals surface area contributed by atoms with Gasteiger partial charge in [0.25, 0.3) is 0 Å². The molecule has 0 saturated heterocycles. The van der Waals surface area contributed by atoms with Crippen molar-refractivity contribution in [1.29, 1.82) is 0 Å². The lowest BCUT2D eigenvalue weighted by Crippen LogP contribution is -2.28. The van der Waals surface area contributed by atoms with Crippen molar-refractivity contribution in [3.63, 3.8) is 0 Å². The van der Waals surface area contributed by atoms with Crippen LogP contribution >= 0.6 is 11.5 Å². The highest BCUT2D eigenvalue weighted by atomic mass is 32.1. The minimum absolute atomic E-state index is 0.740. The van der Waals surface area contributed by atoms with Gasteiger partial charge in [0.05, 0.1) is 0 Å². The van der Waals surface area contributed by atoms with Gasteiger partial charge in [-0.15, -0.1) is 5.10 Å². The van der Waals surface area contributed by atoms with Crippen molar-refractivity contribution in [2.75, 3.05) is 25.0 Å². The van der Waals surface area contributed by atoms with Crippen LogP contribution in [0.2, 0.25) is 0 Å². The summed E-state index contributed by atoms with van der Waals surface area (Å²) in [7, 11) is 0. The summed E-state index contributed by atoms with van der Waals surface area (Å²) in [5.74, 6) is 0.740. The molecule has 0 aliphatic heterocycles. The van der Waals surface area contributed by atoms with Crippen LogP contribution in [0.1, 0.15) is 39.8 Å². The average Bonchev–Trinajstić information content (AvgIpc) is 2.76. The topological polar surface area (TPSA) is 41.1 Å². The number of rotatable bonds is 8. The zero-order valence-corrected chi connectivity index (χ0v) is 12.2. The van der Waals surface area contributed by atoms with Crippen molar-refractivity contribution in [2.24, 2.45) is 5.92 Å². The Morgan fingerprint density at radius 1 is 1.35 bits per heavy atom. The summed E-state index contributed by atoms with van der Waals surface area (Å²) in [6.45, 7) is 12.9. The largest absolute Gasteiger partial charge is 0.374 e. The Balaban J connectivity index is 2.57. The maximum atomic E-state index is 4.22. The van der Waals surface area contributed by atoms with E-state index in [2.05, 4.69) is 47.5 Å². The predicted molar refractivity (Wildman–Crippen MR) is 74.5 cm³/mol. The summed E-state index contributed by atoms with van der Waals surface area (Å²) in [5, 5.41) is 8.66. The molecule has 0 saturated carbocycles. The normalized spacial score (nSPS) is 13.0. The Kier molecular flexibility index (Phi) is 6.44. The first-order valence-electron chi connectivity index (χ1n) is 6.48. The molecule has 0 spiro atoms. The minimum atomic E-state index is 0.740. The quantitative estimate of drug-likeness (QED) is 0.776. The summed E-state index contributed by atoms with van der Waals surface area (Å²) in [4.78, 5) is 2.44. The maximum Gasteiger partial charge on any atom is 0.134 e. The van der Waals surface area contributed by atoms with E-state index in [0.717, 1.165) is 42.8 Å². The molecule has 1 aromatic heterocycles. The molecule has 0 aromatic carbocycles. The van der Waals surface area contributed by atoms with Crippen LogP contribution in [0.3, 0.4) is 0 Å². The van der Waals surface area contributed by atoms with Crippen LogP contribution in [0.5, 0.6) is 0 Å². The Morgan fingerprint density at radius 2 is 2.12 bits per heavy atom. The van der Waals surface area contributed by atoms with Gasteiger partial charge in [-0.25, -0.2) is 0 Å². The van der Waals surface area contributed by atoms with E-state index in [1.165, 1.54) is 18.0 Å². The average molecular weight is 256 g/mol. The first-order valence-corrected chi connectivity index (χ1v) is 7.25. The summed E-state index contributed by atoms with van der Waals surface area (Å²) < 4.78 is 4.03. The number of hydrogen-bond acceptors (Lipinski definition) is 5. The Morgan fingerprint density at radius 3 is 2.71 bits per heavy atom. The lowest BCUT2D eigenvalue weighted by molar-refractivity contribution is 0.236. The molecule has 1 heterocycles. The zero-order chi connectivity index (χ0) is 12.7. The van der Waals surface area contributed by atoms with Gasteiger partial charge in [0.1, 0.15) is 10.7 Å². The third-order valence-electron chi connectivity index (χ3n) is 2.98. The molecule has 1 unspecified atom stereocenters. The van der Waals surface area contributed by atoms with Crippen LogP contribution in [-0.2, 0) is 6.54 Å². The first-order chi connectivity index (χ1) is 8.21. The van der Waals surface area contributed by atoms with Crippen molar-refractivity contribution in [3.8, 4) is 0 Å². The number of anilines is 1. The van der Waals surface area contributed by atoms with E-state index in [4.69, 9.17) is 0 Å².